The topological polar surface area (TPSA) is 39.2 Å². The number of Topliss-reactive ketones (excluding diaryl/α,β-unsaturated/α-hetero) is 1. The Morgan fingerprint density at radius 2 is 2.50 bits per heavy atom. The summed E-state index contributed by atoms with van der Waals surface area (Å²) in [5.41, 5.74) is 0.911. The van der Waals surface area contributed by atoms with Crippen LogP contribution < -0.4 is 0 Å². The second-order valence-corrected chi connectivity index (χ2v) is 4.36. The summed E-state index contributed by atoms with van der Waals surface area (Å²) in [5, 5.41) is 0. The minimum Gasteiger partial charge on any atom is -0.370 e. The van der Waals surface area contributed by atoms with Crippen molar-refractivity contribution < 1.29 is 9.53 Å². The maximum Gasteiger partial charge on any atom is 0.203 e. The number of rotatable bonds is 2. The van der Waals surface area contributed by atoms with E-state index in [1.54, 1.807) is 0 Å². The van der Waals surface area contributed by atoms with Crippen LogP contribution in [0.25, 0.3) is 0 Å². The van der Waals surface area contributed by atoms with E-state index in [1.165, 1.54) is 11.5 Å². The van der Waals surface area contributed by atoms with Crippen molar-refractivity contribution in [3.63, 3.8) is 0 Å². The molecule has 0 aliphatic carbocycles. The van der Waals surface area contributed by atoms with E-state index in [9.17, 15) is 4.79 Å². The lowest BCUT2D eigenvalue weighted by molar-refractivity contribution is 0.0189. The van der Waals surface area contributed by atoms with Gasteiger partial charge in [0.15, 0.2) is 0 Å². The predicted octanol–water partition coefficient (Wildman–Crippen LogP) is 2.20. The summed E-state index contributed by atoms with van der Waals surface area (Å²) in [7, 11) is 0. The molecule has 0 saturated carbocycles. The Bertz CT molecular complexity index is 329. The zero-order valence-electron chi connectivity index (χ0n) is 8.16. The molecule has 2 rings (SSSR count). The summed E-state index contributed by atoms with van der Waals surface area (Å²) in [5.74, 6) is 0.107. The molecule has 2 heterocycles. The zero-order chi connectivity index (χ0) is 9.97. The molecule has 0 spiro atoms. The van der Waals surface area contributed by atoms with Crippen LogP contribution in [0.4, 0.5) is 0 Å². The third-order valence-electron chi connectivity index (χ3n) is 2.34. The molecule has 1 aromatic heterocycles. The van der Waals surface area contributed by atoms with Crippen molar-refractivity contribution in [3.8, 4) is 0 Å². The number of hydrogen-bond acceptors (Lipinski definition) is 4. The van der Waals surface area contributed by atoms with Crippen LogP contribution in [0.5, 0.6) is 0 Å². The number of carbonyl (C=O) groups is 1. The lowest BCUT2D eigenvalue weighted by atomic mass is 10.0. The Morgan fingerprint density at radius 1 is 1.64 bits per heavy atom. The SMILES string of the molecule is Cc1cc(C(=O)C2CCCCO2)sn1. The first-order chi connectivity index (χ1) is 6.77. The fraction of sp³-hybridized carbons (Fsp3) is 0.600. The molecule has 1 aromatic rings. The molecular formula is C10H13NO2S. The van der Waals surface area contributed by atoms with Gasteiger partial charge in [0.1, 0.15) is 6.10 Å². The molecule has 0 bridgehead atoms. The quantitative estimate of drug-likeness (QED) is 0.704. The van der Waals surface area contributed by atoms with Crippen LogP contribution in [-0.2, 0) is 4.74 Å². The summed E-state index contributed by atoms with van der Waals surface area (Å²) < 4.78 is 9.53. The lowest BCUT2D eigenvalue weighted by Gasteiger charge is -2.20. The molecule has 1 fully saturated rings. The van der Waals surface area contributed by atoms with E-state index >= 15 is 0 Å². The Balaban J connectivity index is 2.07. The van der Waals surface area contributed by atoms with Crippen molar-refractivity contribution >= 4 is 17.3 Å². The van der Waals surface area contributed by atoms with E-state index in [1.807, 2.05) is 13.0 Å². The molecule has 0 radical (unpaired) electrons. The number of carbonyl (C=O) groups excluding carboxylic acids is 1. The maximum absolute atomic E-state index is 11.9. The maximum atomic E-state index is 11.9. The third kappa shape index (κ3) is 2.01. The van der Waals surface area contributed by atoms with Crippen molar-refractivity contribution in [2.45, 2.75) is 32.3 Å². The van der Waals surface area contributed by atoms with Gasteiger partial charge in [-0.15, -0.1) is 0 Å². The largest absolute Gasteiger partial charge is 0.370 e. The summed E-state index contributed by atoms with van der Waals surface area (Å²) >= 11 is 1.27. The first-order valence-electron chi connectivity index (χ1n) is 4.86. The fourth-order valence-corrected chi connectivity index (χ4v) is 2.33. The molecule has 4 heteroatoms. The van der Waals surface area contributed by atoms with Crippen molar-refractivity contribution in [1.29, 1.82) is 0 Å². The Hall–Kier alpha value is -0.740. The number of aryl methyl sites for hydroxylation is 1. The Morgan fingerprint density at radius 3 is 3.07 bits per heavy atom. The van der Waals surface area contributed by atoms with Crippen molar-refractivity contribution in [3.05, 3.63) is 16.6 Å². The number of hydrogen-bond donors (Lipinski definition) is 0. The van der Waals surface area contributed by atoms with Gasteiger partial charge in [-0.1, -0.05) is 0 Å². The van der Waals surface area contributed by atoms with Crippen molar-refractivity contribution in [2.24, 2.45) is 0 Å². The highest BCUT2D eigenvalue weighted by molar-refractivity contribution is 7.08. The van der Waals surface area contributed by atoms with Gasteiger partial charge in [0.05, 0.1) is 10.6 Å². The first kappa shape index (κ1) is 9.80. The van der Waals surface area contributed by atoms with E-state index in [0.717, 1.165) is 29.8 Å². The lowest BCUT2D eigenvalue weighted by Crippen LogP contribution is -2.27. The summed E-state index contributed by atoms with van der Waals surface area (Å²) in [6.45, 7) is 2.61. The van der Waals surface area contributed by atoms with E-state index in [0.29, 0.717) is 6.61 Å². The summed E-state index contributed by atoms with van der Waals surface area (Å²) in [4.78, 5) is 12.6. The van der Waals surface area contributed by atoms with Gasteiger partial charge in [0, 0.05) is 6.61 Å². The fourth-order valence-electron chi connectivity index (χ4n) is 1.59. The number of ether oxygens (including phenoxy) is 1. The van der Waals surface area contributed by atoms with Gasteiger partial charge < -0.3 is 4.74 Å². The first-order valence-corrected chi connectivity index (χ1v) is 5.64. The van der Waals surface area contributed by atoms with E-state index in [4.69, 9.17) is 4.74 Å². The van der Waals surface area contributed by atoms with Crippen LogP contribution in [0.15, 0.2) is 6.07 Å². The van der Waals surface area contributed by atoms with E-state index in [-0.39, 0.29) is 11.9 Å². The molecule has 3 nitrogen and oxygen atoms in total. The number of nitrogens with zero attached hydrogens (tertiary/aromatic N) is 1. The summed E-state index contributed by atoms with van der Waals surface area (Å²) in [6.07, 6.45) is 2.80. The van der Waals surface area contributed by atoms with Gasteiger partial charge in [0.2, 0.25) is 5.78 Å². The van der Waals surface area contributed by atoms with Gasteiger partial charge in [-0.25, -0.2) is 0 Å². The Labute approximate surface area is 87.3 Å². The van der Waals surface area contributed by atoms with Crippen molar-refractivity contribution in [2.75, 3.05) is 6.61 Å². The molecule has 1 saturated heterocycles. The van der Waals surface area contributed by atoms with Crippen LogP contribution in [0.2, 0.25) is 0 Å². The van der Waals surface area contributed by atoms with Gasteiger partial charge in [-0.3, -0.25) is 4.79 Å². The third-order valence-corrected chi connectivity index (χ3v) is 3.24. The second kappa shape index (κ2) is 4.19. The van der Waals surface area contributed by atoms with Gasteiger partial charge in [0.25, 0.3) is 0 Å². The van der Waals surface area contributed by atoms with Crippen molar-refractivity contribution in [1.82, 2.24) is 4.37 Å². The highest BCUT2D eigenvalue weighted by atomic mass is 32.1. The summed E-state index contributed by atoms with van der Waals surface area (Å²) in [6, 6.07) is 1.84. The molecule has 1 atom stereocenters. The molecule has 1 aliphatic rings. The minimum atomic E-state index is -0.219. The van der Waals surface area contributed by atoms with Gasteiger partial charge in [-0.05, 0) is 43.8 Å². The normalized spacial score (nSPS) is 22.2. The highest BCUT2D eigenvalue weighted by Crippen LogP contribution is 2.19. The van der Waals surface area contributed by atoms with Gasteiger partial charge >= 0.3 is 0 Å². The van der Waals surface area contributed by atoms with Crippen LogP contribution in [0, 0.1) is 6.92 Å². The second-order valence-electron chi connectivity index (χ2n) is 3.55. The molecule has 0 aromatic carbocycles. The molecule has 76 valence electrons. The van der Waals surface area contributed by atoms with Crippen LogP contribution in [0.1, 0.15) is 34.6 Å². The molecule has 0 N–H and O–H groups in total. The molecule has 1 unspecified atom stereocenters. The molecular weight excluding hydrogens is 198 g/mol. The van der Waals surface area contributed by atoms with E-state index in [2.05, 4.69) is 4.37 Å². The highest BCUT2D eigenvalue weighted by Gasteiger charge is 2.24. The molecule has 14 heavy (non-hydrogen) atoms. The monoisotopic (exact) mass is 211 g/mol. The smallest absolute Gasteiger partial charge is 0.203 e. The van der Waals surface area contributed by atoms with Crippen LogP contribution in [0.3, 0.4) is 0 Å². The van der Waals surface area contributed by atoms with E-state index < -0.39 is 0 Å². The number of ketones is 1. The minimum absolute atomic E-state index is 0.107. The zero-order valence-corrected chi connectivity index (χ0v) is 8.97. The predicted molar refractivity (Wildman–Crippen MR) is 54.8 cm³/mol. The van der Waals surface area contributed by atoms with Crippen LogP contribution in [-0.4, -0.2) is 22.9 Å². The average molecular weight is 211 g/mol. The molecule has 0 amide bonds. The number of aromatic nitrogens is 1. The standard InChI is InChI=1S/C10H13NO2S/c1-7-6-9(14-11-7)10(12)8-4-2-3-5-13-8/h6,8H,2-5H2,1H3. The average Bonchev–Trinajstić information content (AvgIpc) is 2.65. The Kier molecular flexibility index (Phi) is 2.93. The van der Waals surface area contributed by atoms with Crippen LogP contribution >= 0.6 is 11.5 Å². The van der Waals surface area contributed by atoms with Gasteiger partial charge in [-0.2, -0.15) is 4.37 Å². The molecule has 1 aliphatic heterocycles.